The van der Waals surface area contributed by atoms with Crippen molar-refractivity contribution < 1.29 is 14.7 Å². The number of rotatable bonds is 5. The van der Waals surface area contributed by atoms with Crippen LogP contribution < -0.4 is 5.32 Å². The lowest BCUT2D eigenvalue weighted by Gasteiger charge is -2.23. The van der Waals surface area contributed by atoms with E-state index in [1.54, 1.807) is 22.7 Å². The quantitative estimate of drug-likeness (QED) is 0.802. The van der Waals surface area contributed by atoms with Crippen LogP contribution in [0.1, 0.15) is 11.3 Å². The van der Waals surface area contributed by atoms with Gasteiger partial charge < -0.3 is 10.4 Å². The number of fused-ring (bicyclic) bond motifs is 2. The third-order valence-corrected chi connectivity index (χ3v) is 7.06. The maximum Gasteiger partial charge on any atom is 0.307 e. The maximum atomic E-state index is 12.6. The van der Waals surface area contributed by atoms with Gasteiger partial charge in [0.1, 0.15) is 0 Å². The molecule has 1 saturated carbocycles. The molecular weight excluding hydrogens is 342 g/mol. The predicted octanol–water partition coefficient (Wildman–Crippen LogP) is 3.62. The molecule has 2 heterocycles. The number of hydrogen-bond donors (Lipinski definition) is 2. The molecule has 4 rings (SSSR count). The van der Waals surface area contributed by atoms with Crippen molar-refractivity contribution >= 4 is 34.6 Å². The van der Waals surface area contributed by atoms with Gasteiger partial charge in [-0.2, -0.15) is 0 Å². The van der Waals surface area contributed by atoms with Crippen LogP contribution in [0.5, 0.6) is 0 Å². The Morgan fingerprint density at radius 2 is 1.92 bits per heavy atom. The highest BCUT2D eigenvalue weighted by Gasteiger charge is 2.51. The summed E-state index contributed by atoms with van der Waals surface area (Å²) in [5.41, 5.74) is 0. The average Bonchev–Trinajstić information content (AvgIpc) is 3.35. The summed E-state index contributed by atoms with van der Waals surface area (Å²) in [7, 11) is 0. The van der Waals surface area contributed by atoms with E-state index in [0.29, 0.717) is 6.54 Å². The van der Waals surface area contributed by atoms with Crippen molar-refractivity contribution in [2.45, 2.75) is 13.0 Å². The van der Waals surface area contributed by atoms with Crippen molar-refractivity contribution in [3.8, 4) is 9.75 Å². The second-order valence-electron chi connectivity index (χ2n) is 6.30. The molecule has 0 spiro atoms. The van der Waals surface area contributed by atoms with Crippen LogP contribution in [0.15, 0.2) is 41.8 Å². The van der Waals surface area contributed by atoms with Gasteiger partial charge >= 0.3 is 5.97 Å². The maximum absolute atomic E-state index is 12.6. The van der Waals surface area contributed by atoms with Gasteiger partial charge in [-0.25, -0.2) is 0 Å². The van der Waals surface area contributed by atoms with Crippen molar-refractivity contribution in [2.75, 3.05) is 0 Å². The van der Waals surface area contributed by atoms with Crippen LogP contribution in [0.2, 0.25) is 0 Å². The molecule has 0 aliphatic heterocycles. The van der Waals surface area contributed by atoms with E-state index in [1.807, 2.05) is 29.7 Å². The van der Waals surface area contributed by atoms with E-state index in [1.165, 1.54) is 9.75 Å². The summed E-state index contributed by atoms with van der Waals surface area (Å²) < 4.78 is 0. The van der Waals surface area contributed by atoms with Crippen LogP contribution in [0.25, 0.3) is 9.75 Å². The lowest BCUT2D eigenvalue weighted by Crippen LogP contribution is -2.39. The third-order valence-electron chi connectivity index (χ3n) is 4.91. The second-order valence-corrected chi connectivity index (χ2v) is 8.42. The average molecular weight is 359 g/mol. The molecule has 24 heavy (non-hydrogen) atoms. The zero-order valence-corrected chi connectivity index (χ0v) is 14.5. The zero-order valence-electron chi connectivity index (χ0n) is 12.8. The van der Waals surface area contributed by atoms with Crippen LogP contribution in [0, 0.1) is 23.7 Å². The fraction of sp³-hybridized carbons (Fsp3) is 0.333. The number of nitrogens with one attached hydrogen (secondary N) is 1. The van der Waals surface area contributed by atoms with Crippen molar-refractivity contribution in [1.82, 2.24) is 5.32 Å². The topological polar surface area (TPSA) is 66.4 Å². The normalized spacial score (nSPS) is 27.5. The van der Waals surface area contributed by atoms with E-state index in [-0.39, 0.29) is 17.7 Å². The highest BCUT2D eigenvalue weighted by atomic mass is 32.1. The van der Waals surface area contributed by atoms with Gasteiger partial charge in [0.05, 0.1) is 18.4 Å². The summed E-state index contributed by atoms with van der Waals surface area (Å²) >= 11 is 3.36. The number of carbonyl (C=O) groups is 2. The van der Waals surface area contributed by atoms with Crippen LogP contribution in [-0.2, 0) is 16.1 Å². The number of hydrogen-bond acceptors (Lipinski definition) is 4. The smallest absolute Gasteiger partial charge is 0.307 e. The summed E-state index contributed by atoms with van der Waals surface area (Å²) in [6, 6.07) is 8.20. The molecule has 2 aromatic heterocycles. The standard InChI is InChI=1S/C18H17NO3S2/c20-17(15-10-3-4-11(8-10)16(15)18(21)22)19-9-12-5-6-14(24-12)13-2-1-7-23-13/h1-7,10-11,15-16H,8-9H2,(H,19,20)(H,21,22). The van der Waals surface area contributed by atoms with Gasteiger partial charge in [-0.1, -0.05) is 18.2 Å². The SMILES string of the molecule is O=C(O)C1C2C=CC(C2)C1C(=O)NCc1ccc(-c2cccs2)s1. The molecule has 4 nitrogen and oxygen atoms in total. The number of allylic oxidation sites excluding steroid dienone is 2. The molecule has 2 aliphatic carbocycles. The molecule has 124 valence electrons. The lowest BCUT2D eigenvalue weighted by molar-refractivity contribution is -0.147. The lowest BCUT2D eigenvalue weighted by atomic mass is 9.82. The Balaban J connectivity index is 1.42. The molecule has 6 heteroatoms. The van der Waals surface area contributed by atoms with Crippen molar-refractivity contribution in [3.05, 3.63) is 46.7 Å². The van der Waals surface area contributed by atoms with Crippen LogP contribution in [0.3, 0.4) is 0 Å². The van der Waals surface area contributed by atoms with Crippen molar-refractivity contribution in [1.29, 1.82) is 0 Å². The fourth-order valence-electron chi connectivity index (χ4n) is 3.83. The van der Waals surface area contributed by atoms with E-state index in [2.05, 4.69) is 17.4 Å². The minimum atomic E-state index is -0.858. The van der Waals surface area contributed by atoms with Gasteiger partial charge in [-0.05, 0) is 41.8 Å². The highest BCUT2D eigenvalue weighted by molar-refractivity contribution is 7.21. The van der Waals surface area contributed by atoms with Gasteiger partial charge in [0.25, 0.3) is 0 Å². The molecule has 4 unspecified atom stereocenters. The Hall–Kier alpha value is -1.92. The Kier molecular flexibility index (Phi) is 4.02. The number of carbonyl (C=O) groups excluding carboxylic acids is 1. The molecule has 0 aromatic carbocycles. The number of amides is 1. The van der Waals surface area contributed by atoms with Crippen LogP contribution >= 0.6 is 22.7 Å². The minimum Gasteiger partial charge on any atom is -0.481 e. The first-order chi connectivity index (χ1) is 11.6. The van der Waals surface area contributed by atoms with E-state index >= 15 is 0 Å². The Morgan fingerprint density at radius 1 is 1.12 bits per heavy atom. The zero-order chi connectivity index (χ0) is 16.7. The summed E-state index contributed by atoms with van der Waals surface area (Å²) in [6.45, 7) is 0.457. The number of carboxylic acid groups (broad SMARTS) is 1. The molecular formula is C18H17NO3S2. The highest BCUT2D eigenvalue weighted by Crippen LogP contribution is 2.48. The predicted molar refractivity (Wildman–Crippen MR) is 94.8 cm³/mol. The summed E-state index contributed by atoms with van der Waals surface area (Å²) in [4.78, 5) is 27.6. The minimum absolute atomic E-state index is 0.00965. The number of thiophene rings is 2. The summed E-state index contributed by atoms with van der Waals surface area (Å²) in [6.07, 6.45) is 4.75. The van der Waals surface area contributed by atoms with Crippen LogP contribution in [0.4, 0.5) is 0 Å². The molecule has 0 radical (unpaired) electrons. The molecule has 1 fully saturated rings. The number of carboxylic acids is 1. The van der Waals surface area contributed by atoms with Crippen LogP contribution in [-0.4, -0.2) is 17.0 Å². The Morgan fingerprint density at radius 3 is 2.62 bits per heavy atom. The molecule has 2 bridgehead atoms. The van der Waals surface area contributed by atoms with E-state index in [9.17, 15) is 14.7 Å². The number of aliphatic carboxylic acids is 1. The molecule has 1 amide bonds. The summed E-state index contributed by atoms with van der Waals surface area (Å²) in [5.74, 6) is -1.93. The van der Waals surface area contributed by atoms with Gasteiger partial charge in [0.2, 0.25) is 5.91 Å². The van der Waals surface area contributed by atoms with Crippen molar-refractivity contribution in [3.63, 3.8) is 0 Å². The molecule has 2 aliphatic rings. The fourth-order valence-corrected chi connectivity index (χ4v) is 5.61. The first-order valence-electron chi connectivity index (χ1n) is 7.95. The molecule has 2 N–H and O–H groups in total. The molecule has 0 saturated heterocycles. The van der Waals surface area contributed by atoms with E-state index in [0.717, 1.165) is 11.3 Å². The second kappa shape index (κ2) is 6.18. The van der Waals surface area contributed by atoms with Gasteiger partial charge in [-0.3, -0.25) is 9.59 Å². The van der Waals surface area contributed by atoms with Gasteiger partial charge in [-0.15, -0.1) is 22.7 Å². The molecule has 2 aromatic rings. The monoisotopic (exact) mass is 359 g/mol. The third kappa shape index (κ3) is 2.70. The largest absolute Gasteiger partial charge is 0.481 e. The first-order valence-corrected chi connectivity index (χ1v) is 9.64. The van der Waals surface area contributed by atoms with E-state index in [4.69, 9.17) is 0 Å². The van der Waals surface area contributed by atoms with Crippen molar-refractivity contribution in [2.24, 2.45) is 23.7 Å². The van der Waals surface area contributed by atoms with Gasteiger partial charge in [0.15, 0.2) is 0 Å². The molecule has 4 atom stereocenters. The first kappa shape index (κ1) is 15.6. The van der Waals surface area contributed by atoms with Gasteiger partial charge in [0, 0.05) is 14.6 Å². The Bertz CT molecular complexity index is 793. The van der Waals surface area contributed by atoms with E-state index < -0.39 is 17.8 Å². The Labute approximate surface area is 147 Å². The summed E-state index contributed by atoms with van der Waals surface area (Å²) in [5, 5.41) is 14.4.